The van der Waals surface area contributed by atoms with Gasteiger partial charge in [0.2, 0.25) is 0 Å². The highest BCUT2D eigenvalue weighted by molar-refractivity contribution is 5.86. The van der Waals surface area contributed by atoms with Gasteiger partial charge in [0.25, 0.3) is 0 Å². The largest absolute Gasteiger partial charge is 0.297 e. The molecule has 0 aromatic heterocycles. The number of hydroxylamine groups is 1. The number of carbonyl (C=O) groups excluding carboxylic acids is 1. The van der Waals surface area contributed by atoms with Crippen LogP contribution in [-0.2, 0) is 4.79 Å². The number of Topliss-reactive ketones (excluding diaryl/α,β-unsaturated/α-hetero) is 1. The van der Waals surface area contributed by atoms with Crippen LogP contribution >= 0.6 is 0 Å². The van der Waals surface area contributed by atoms with E-state index in [2.05, 4.69) is 0 Å². The first-order valence-electron chi connectivity index (χ1n) is 6.26. The van der Waals surface area contributed by atoms with Gasteiger partial charge in [0.05, 0.1) is 5.69 Å². The Balaban J connectivity index is 2.14. The van der Waals surface area contributed by atoms with Gasteiger partial charge < -0.3 is 0 Å². The average molecular weight is 233 g/mol. The van der Waals surface area contributed by atoms with Crippen molar-refractivity contribution >= 4 is 11.5 Å². The molecule has 1 aromatic rings. The van der Waals surface area contributed by atoms with Gasteiger partial charge in [0.1, 0.15) is 6.04 Å². The standard InChI is InChI=1S/C14H19NO2/c1-11-7-9-12(10-8-11)15(17)13-5-3-2-4-6-14(13)16/h7-10,13,17H,2-6H2,1H3. The Bertz CT molecular complexity index is 386. The number of benzene rings is 1. The maximum atomic E-state index is 11.9. The maximum Gasteiger partial charge on any atom is 0.157 e. The minimum atomic E-state index is -0.361. The van der Waals surface area contributed by atoms with Gasteiger partial charge in [-0.2, -0.15) is 0 Å². The lowest BCUT2D eigenvalue weighted by Gasteiger charge is -2.25. The number of aryl methyl sites for hydroxylation is 1. The Kier molecular flexibility index (Phi) is 3.79. The molecule has 0 aliphatic heterocycles. The van der Waals surface area contributed by atoms with Crippen LogP contribution in [0.5, 0.6) is 0 Å². The van der Waals surface area contributed by atoms with Crippen molar-refractivity contribution in [2.45, 2.75) is 45.1 Å². The molecule has 3 nitrogen and oxygen atoms in total. The van der Waals surface area contributed by atoms with E-state index in [1.807, 2.05) is 31.2 Å². The molecular formula is C14H19NO2. The molecule has 1 saturated carbocycles. The molecule has 1 N–H and O–H groups in total. The molecule has 0 amide bonds. The van der Waals surface area contributed by atoms with Crippen LogP contribution in [0.1, 0.15) is 37.7 Å². The first kappa shape index (κ1) is 12.1. The number of hydrogen-bond acceptors (Lipinski definition) is 3. The van der Waals surface area contributed by atoms with Crippen molar-refractivity contribution < 1.29 is 10.0 Å². The molecule has 1 aromatic carbocycles. The fraction of sp³-hybridized carbons (Fsp3) is 0.500. The first-order chi connectivity index (χ1) is 8.18. The highest BCUT2D eigenvalue weighted by atomic mass is 16.5. The van der Waals surface area contributed by atoms with Crippen LogP contribution in [0.3, 0.4) is 0 Å². The monoisotopic (exact) mass is 233 g/mol. The summed E-state index contributed by atoms with van der Waals surface area (Å²) in [6.45, 7) is 2.00. The van der Waals surface area contributed by atoms with Crippen LogP contribution in [0.2, 0.25) is 0 Å². The number of rotatable bonds is 2. The Morgan fingerprint density at radius 2 is 1.88 bits per heavy atom. The Hall–Kier alpha value is -1.35. The van der Waals surface area contributed by atoms with Gasteiger partial charge in [-0.3, -0.25) is 10.0 Å². The van der Waals surface area contributed by atoms with Crippen molar-refractivity contribution in [3.63, 3.8) is 0 Å². The second-order valence-corrected chi connectivity index (χ2v) is 4.76. The van der Waals surface area contributed by atoms with Crippen LogP contribution < -0.4 is 5.06 Å². The SMILES string of the molecule is Cc1ccc(N(O)C2CCCCCC2=O)cc1. The fourth-order valence-corrected chi connectivity index (χ4v) is 2.28. The molecule has 1 atom stereocenters. The van der Waals surface area contributed by atoms with Crippen LogP contribution in [-0.4, -0.2) is 17.0 Å². The molecule has 2 rings (SSSR count). The summed E-state index contributed by atoms with van der Waals surface area (Å²) < 4.78 is 0. The number of carbonyl (C=O) groups is 1. The minimum absolute atomic E-state index is 0.158. The summed E-state index contributed by atoms with van der Waals surface area (Å²) in [4.78, 5) is 11.9. The van der Waals surface area contributed by atoms with Gasteiger partial charge in [-0.1, -0.05) is 30.5 Å². The van der Waals surface area contributed by atoms with Crippen molar-refractivity contribution in [1.29, 1.82) is 0 Å². The number of nitrogens with zero attached hydrogens (tertiary/aromatic N) is 1. The zero-order chi connectivity index (χ0) is 12.3. The van der Waals surface area contributed by atoms with E-state index >= 15 is 0 Å². The molecule has 0 saturated heterocycles. The maximum absolute atomic E-state index is 11.9. The molecular weight excluding hydrogens is 214 g/mol. The highest BCUT2D eigenvalue weighted by Crippen LogP contribution is 2.23. The third-order valence-electron chi connectivity index (χ3n) is 3.37. The molecule has 1 unspecified atom stereocenters. The zero-order valence-electron chi connectivity index (χ0n) is 10.2. The lowest BCUT2D eigenvalue weighted by molar-refractivity contribution is -0.121. The summed E-state index contributed by atoms with van der Waals surface area (Å²) in [6.07, 6.45) is 4.40. The van der Waals surface area contributed by atoms with Crippen LogP contribution in [0, 0.1) is 6.92 Å². The third kappa shape index (κ3) is 2.86. The molecule has 17 heavy (non-hydrogen) atoms. The van der Waals surface area contributed by atoms with Gasteiger partial charge in [-0.15, -0.1) is 0 Å². The Labute approximate surface area is 102 Å². The molecule has 92 valence electrons. The third-order valence-corrected chi connectivity index (χ3v) is 3.37. The van der Waals surface area contributed by atoms with E-state index in [4.69, 9.17) is 0 Å². The van der Waals surface area contributed by atoms with Gasteiger partial charge in [-0.05, 0) is 31.9 Å². The summed E-state index contributed by atoms with van der Waals surface area (Å²) in [5.41, 5.74) is 1.85. The van der Waals surface area contributed by atoms with Gasteiger partial charge >= 0.3 is 0 Å². The summed E-state index contributed by atoms with van der Waals surface area (Å²) in [7, 11) is 0. The molecule has 1 aliphatic rings. The van der Waals surface area contributed by atoms with Crippen LogP contribution in [0.25, 0.3) is 0 Å². The Morgan fingerprint density at radius 3 is 2.59 bits per heavy atom. The van der Waals surface area contributed by atoms with E-state index in [9.17, 15) is 10.0 Å². The molecule has 0 bridgehead atoms. The summed E-state index contributed by atoms with van der Waals surface area (Å²) >= 11 is 0. The van der Waals surface area contributed by atoms with E-state index in [0.717, 1.165) is 36.3 Å². The van der Waals surface area contributed by atoms with Gasteiger partial charge in [0, 0.05) is 6.42 Å². The lowest BCUT2D eigenvalue weighted by atomic mass is 10.1. The smallest absolute Gasteiger partial charge is 0.157 e. The topological polar surface area (TPSA) is 40.5 Å². The predicted octanol–water partition coefficient (Wildman–Crippen LogP) is 3.09. The molecule has 3 heteroatoms. The van der Waals surface area contributed by atoms with Gasteiger partial charge in [0.15, 0.2) is 5.78 Å². The molecule has 1 fully saturated rings. The van der Waals surface area contributed by atoms with Crippen molar-refractivity contribution in [2.75, 3.05) is 5.06 Å². The van der Waals surface area contributed by atoms with E-state index in [0.29, 0.717) is 12.1 Å². The predicted molar refractivity (Wildman–Crippen MR) is 67.3 cm³/mol. The van der Waals surface area contributed by atoms with Crippen molar-refractivity contribution in [3.8, 4) is 0 Å². The lowest BCUT2D eigenvalue weighted by Crippen LogP contribution is -2.38. The average Bonchev–Trinajstić information content (AvgIpc) is 2.54. The molecule has 0 radical (unpaired) electrons. The summed E-state index contributed by atoms with van der Waals surface area (Å²) in [5, 5.41) is 11.3. The summed E-state index contributed by atoms with van der Waals surface area (Å²) in [6, 6.07) is 7.24. The summed E-state index contributed by atoms with van der Waals surface area (Å²) in [5.74, 6) is 0.158. The fourth-order valence-electron chi connectivity index (χ4n) is 2.28. The molecule has 0 spiro atoms. The van der Waals surface area contributed by atoms with Crippen LogP contribution in [0.15, 0.2) is 24.3 Å². The van der Waals surface area contributed by atoms with E-state index in [1.165, 1.54) is 0 Å². The normalized spacial score (nSPS) is 21.1. The van der Waals surface area contributed by atoms with Crippen molar-refractivity contribution in [1.82, 2.24) is 0 Å². The number of anilines is 1. The molecule has 0 heterocycles. The van der Waals surface area contributed by atoms with Crippen LogP contribution in [0.4, 0.5) is 5.69 Å². The quantitative estimate of drug-likeness (QED) is 0.630. The molecule has 1 aliphatic carbocycles. The second kappa shape index (κ2) is 5.32. The van der Waals surface area contributed by atoms with Crippen molar-refractivity contribution in [3.05, 3.63) is 29.8 Å². The minimum Gasteiger partial charge on any atom is -0.297 e. The highest BCUT2D eigenvalue weighted by Gasteiger charge is 2.26. The second-order valence-electron chi connectivity index (χ2n) is 4.76. The zero-order valence-corrected chi connectivity index (χ0v) is 10.2. The number of ketones is 1. The van der Waals surface area contributed by atoms with E-state index in [1.54, 1.807) is 0 Å². The van der Waals surface area contributed by atoms with E-state index < -0.39 is 0 Å². The number of hydrogen-bond donors (Lipinski definition) is 1. The first-order valence-corrected chi connectivity index (χ1v) is 6.26. The van der Waals surface area contributed by atoms with E-state index in [-0.39, 0.29) is 11.8 Å². The van der Waals surface area contributed by atoms with Crippen molar-refractivity contribution in [2.24, 2.45) is 0 Å². The Morgan fingerprint density at radius 1 is 1.18 bits per heavy atom. The van der Waals surface area contributed by atoms with Gasteiger partial charge in [-0.25, -0.2) is 5.06 Å².